The van der Waals surface area contributed by atoms with Crippen LogP contribution < -0.4 is 5.32 Å². The highest BCUT2D eigenvalue weighted by Gasteiger charge is 2.04. The number of nitrogens with zero attached hydrogens (tertiary/aromatic N) is 1. The molecule has 21 heavy (non-hydrogen) atoms. The maximum atomic E-state index is 13.3. The minimum atomic E-state index is -0.459. The number of hydrogen-bond acceptors (Lipinski definition) is 3. The fraction of sp³-hybridized carbons (Fsp3) is 0.235. The molecule has 0 radical (unpaired) electrons. The highest BCUT2D eigenvalue weighted by molar-refractivity contribution is 7.98. The summed E-state index contributed by atoms with van der Waals surface area (Å²) in [4.78, 5) is 1.17. The lowest BCUT2D eigenvalue weighted by Gasteiger charge is -2.06. The van der Waals surface area contributed by atoms with Crippen molar-refractivity contribution in [2.75, 3.05) is 6.54 Å². The van der Waals surface area contributed by atoms with Gasteiger partial charge in [-0.25, -0.2) is 4.39 Å². The molecule has 0 aliphatic carbocycles. The van der Waals surface area contributed by atoms with Crippen molar-refractivity contribution in [2.45, 2.75) is 24.1 Å². The van der Waals surface area contributed by atoms with E-state index >= 15 is 0 Å². The molecule has 0 atom stereocenters. The zero-order valence-electron chi connectivity index (χ0n) is 11.9. The summed E-state index contributed by atoms with van der Waals surface area (Å²) in [7, 11) is 0. The third-order valence-electron chi connectivity index (χ3n) is 3.03. The SMILES string of the molecule is CCNCc1cccc(SCc2ccc(F)c(C#N)c2)c1. The van der Waals surface area contributed by atoms with Crippen molar-refractivity contribution in [2.24, 2.45) is 0 Å². The molecule has 0 unspecified atom stereocenters. The van der Waals surface area contributed by atoms with Crippen LogP contribution in [-0.2, 0) is 12.3 Å². The van der Waals surface area contributed by atoms with Crippen molar-refractivity contribution in [3.63, 3.8) is 0 Å². The molecule has 0 aliphatic heterocycles. The predicted molar refractivity (Wildman–Crippen MR) is 84.5 cm³/mol. The summed E-state index contributed by atoms with van der Waals surface area (Å²) < 4.78 is 13.3. The number of rotatable bonds is 6. The standard InChI is InChI=1S/C17H17FN2S/c1-2-20-11-13-4-3-5-16(9-13)21-12-14-6-7-17(18)15(8-14)10-19/h3-9,20H,2,11-12H2,1H3. The second kappa shape index (κ2) is 7.82. The van der Waals surface area contributed by atoms with Gasteiger partial charge in [0.15, 0.2) is 0 Å². The molecule has 0 heterocycles. The Hall–Kier alpha value is -1.83. The van der Waals surface area contributed by atoms with Gasteiger partial charge in [-0.15, -0.1) is 11.8 Å². The van der Waals surface area contributed by atoms with E-state index in [1.807, 2.05) is 12.1 Å². The fourth-order valence-corrected chi connectivity index (χ4v) is 2.85. The number of nitriles is 1. The quantitative estimate of drug-likeness (QED) is 0.816. The average Bonchev–Trinajstić information content (AvgIpc) is 2.52. The summed E-state index contributed by atoms with van der Waals surface area (Å²) in [6.07, 6.45) is 0. The maximum absolute atomic E-state index is 13.3. The normalized spacial score (nSPS) is 10.3. The molecule has 1 N–H and O–H groups in total. The number of benzene rings is 2. The Morgan fingerprint density at radius 2 is 2.05 bits per heavy atom. The first kappa shape index (κ1) is 15.6. The van der Waals surface area contributed by atoms with Gasteiger partial charge in [-0.1, -0.05) is 25.1 Å². The summed E-state index contributed by atoms with van der Waals surface area (Å²) in [6.45, 7) is 3.89. The molecule has 2 aromatic carbocycles. The van der Waals surface area contributed by atoms with Gasteiger partial charge >= 0.3 is 0 Å². The zero-order valence-corrected chi connectivity index (χ0v) is 12.7. The van der Waals surface area contributed by atoms with Gasteiger partial charge in [0.1, 0.15) is 11.9 Å². The summed E-state index contributed by atoms with van der Waals surface area (Å²) >= 11 is 1.69. The molecule has 2 nitrogen and oxygen atoms in total. The van der Waals surface area contributed by atoms with E-state index in [0.29, 0.717) is 0 Å². The van der Waals surface area contributed by atoms with E-state index in [-0.39, 0.29) is 5.56 Å². The smallest absolute Gasteiger partial charge is 0.140 e. The van der Waals surface area contributed by atoms with Gasteiger partial charge in [-0.05, 0) is 41.9 Å². The molecule has 108 valence electrons. The van der Waals surface area contributed by atoms with E-state index in [2.05, 4.69) is 30.4 Å². The topological polar surface area (TPSA) is 35.8 Å². The molecule has 2 rings (SSSR count). The van der Waals surface area contributed by atoms with E-state index in [0.717, 1.165) is 24.4 Å². The molecular formula is C17H17FN2S. The van der Waals surface area contributed by atoms with Crippen molar-refractivity contribution < 1.29 is 4.39 Å². The van der Waals surface area contributed by atoms with E-state index in [1.54, 1.807) is 23.9 Å². The molecule has 0 aliphatic rings. The summed E-state index contributed by atoms with van der Waals surface area (Å²) in [6, 6.07) is 14.9. The lowest BCUT2D eigenvalue weighted by Crippen LogP contribution is -2.11. The van der Waals surface area contributed by atoms with Crippen LogP contribution in [0.3, 0.4) is 0 Å². The molecule has 0 spiro atoms. The van der Waals surface area contributed by atoms with Crippen LogP contribution in [0, 0.1) is 17.1 Å². The van der Waals surface area contributed by atoms with Crippen molar-refractivity contribution in [1.29, 1.82) is 5.26 Å². The maximum Gasteiger partial charge on any atom is 0.140 e. The van der Waals surface area contributed by atoms with E-state index in [9.17, 15) is 4.39 Å². The zero-order chi connectivity index (χ0) is 15.1. The van der Waals surface area contributed by atoms with Gasteiger partial charge in [-0.3, -0.25) is 0 Å². The Bertz CT molecular complexity index is 649. The molecule has 0 bridgehead atoms. The average molecular weight is 300 g/mol. The number of thioether (sulfide) groups is 1. The molecular weight excluding hydrogens is 283 g/mol. The largest absolute Gasteiger partial charge is 0.313 e. The van der Waals surface area contributed by atoms with E-state index in [4.69, 9.17) is 5.26 Å². The molecule has 0 saturated carbocycles. The van der Waals surface area contributed by atoms with Crippen molar-refractivity contribution in [1.82, 2.24) is 5.32 Å². The van der Waals surface area contributed by atoms with Gasteiger partial charge in [0.05, 0.1) is 5.56 Å². The lowest BCUT2D eigenvalue weighted by molar-refractivity contribution is 0.623. The number of hydrogen-bond donors (Lipinski definition) is 1. The van der Waals surface area contributed by atoms with Gasteiger partial charge in [0.25, 0.3) is 0 Å². The number of nitrogens with one attached hydrogen (secondary N) is 1. The lowest BCUT2D eigenvalue weighted by atomic mass is 10.1. The van der Waals surface area contributed by atoms with E-state index < -0.39 is 5.82 Å². The highest BCUT2D eigenvalue weighted by atomic mass is 32.2. The Labute approximate surface area is 129 Å². The molecule has 0 amide bonds. The van der Waals surface area contributed by atoms with Crippen LogP contribution in [-0.4, -0.2) is 6.54 Å². The molecule has 0 saturated heterocycles. The van der Waals surface area contributed by atoms with Crippen LogP contribution in [0.5, 0.6) is 0 Å². The van der Waals surface area contributed by atoms with Crippen molar-refractivity contribution in [3.05, 3.63) is 65.0 Å². The second-order valence-electron chi connectivity index (χ2n) is 4.64. The fourth-order valence-electron chi connectivity index (χ4n) is 1.93. The van der Waals surface area contributed by atoms with Crippen LogP contribution in [0.15, 0.2) is 47.4 Å². The first-order chi connectivity index (χ1) is 10.2. The van der Waals surface area contributed by atoms with Crippen LogP contribution in [0.1, 0.15) is 23.6 Å². The van der Waals surface area contributed by atoms with Gasteiger partial charge in [0.2, 0.25) is 0 Å². The van der Waals surface area contributed by atoms with Crippen LogP contribution in [0.4, 0.5) is 4.39 Å². The van der Waals surface area contributed by atoms with Gasteiger partial charge in [0, 0.05) is 17.2 Å². The molecule has 0 aromatic heterocycles. The molecule has 0 fully saturated rings. The van der Waals surface area contributed by atoms with E-state index in [1.165, 1.54) is 16.5 Å². The first-order valence-corrected chi connectivity index (χ1v) is 7.82. The summed E-state index contributed by atoms with van der Waals surface area (Å²) in [5, 5.41) is 12.1. The molecule has 4 heteroatoms. The predicted octanol–water partition coefficient (Wildman–Crippen LogP) is 4.10. The minimum absolute atomic E-state index is 0.106. The first-order valence-electron chi connectivity index (χ1n) is 6.84. The summed E-state index contributed by atoms with van der Waals surface area (Å²) in [5.74, 6) is 0.262. The Morgan fingerprint density at radius 1 is 1.19 bits per heavy atom. The van der Waals surface area contributed by atoms with Gasteiger partial charge in [-0.2, -0.15) is 5.26 Å². The third kappa shape index (κ3) is 4.59. The monoisotopic (exact) mass is 300 g/mol. The van der Waals surface area contributed by atoms with Crippen LogP contribution in [0.2, 0.25) is 0 Å². The van der Waals surface area contributed by atoms with Crippen molar-refractivity contribution >= 4 is 11.8 Å². The van der Waals surface area contributed by atoms with Crippen LogP contribution in [0.25, 0.3) is 0 Å². The Kier molecular flexibility index (Phi) is 5.79. The molecule has 2 aromatic rings. The minimum Gasteiger partial charge on any atom is -0.313 e. The Balaban J connectivity index is 2.01. The summed E-state index contributed by atoms with van der Waals surface area (Å²) in [5.41, 5.74) is 2.31. The Morgan fingerprint density at radius 3 is 2.81 bits per heavy atom. The van der Waals surface area contributed by atoms with Crippen molar-refractivity contribution in [3.8, 4) is 6.07 Å². The third-order valence-corrected chi connectivity index (χ3v) is 4.10. The van der Waals surface area contributed by atoms with Crippen LogP contribution >= 0.6 is 11.8 Å². The second-order valence-corrected chi connectivity index (χ2v) is 5.69. The highest BCUT2D eigenvalue weighted by Crippen LogP contribution is 2.24. The number of halogens is 1. The van der Waals surface area contributed by atoms with Gasteiger partial charge < -0.3 is 5.32 Å².